The summed E-state index contributed by atoms with van der Waals surface area (Å²) in [5.74, 6) is -0.302. The van der Waals surface area contributed by atoms with Crippen molar-refractivity contribution < 1.29 is 9.50 Å². The van der Waals surface area contributed by atoms with Gasteiger partial charge in [0.25, 0.3) is 0 Å². The summed E-state index contributed by atoms with van der Waals surface area (Å²) < 4.78 is 13.3. The van der Waals surface area contributed by atoms with Crippen LogP contribution in [0.4, 0.5) is 10.1 Å². The minimum absolute atomic E-state index is 0.302. The highest BCUT2D eigenvalue weighted by Gasteiger charge is 2.14. The molecule has 0 aliphatic carbocycles. The molecule has 4 heteroatoms. The van der Waals surface area contributed by atoms with E-state index in [2.05, 4.69) is 30.8 Å². The predicted octanol–water partition coefficient (Wildman–Crippen LogP) is 2.66. The normalized spacial score (nSPS) is 12.8. The van der Waals surface area contributed by atoms with Crippen LogP contribution in [0.2, 0.25) is 0 Å². The van der Waals surface area contributed by atoms with Crippen molar-refractivity contribution in [3.63, 3.8) is 0 Å². The van der Waals surface area contributed by atoms with Crippen LogP contribution in [0.25, 0.3) is 0 Å². The van der Waals surface area contributed by atoms with Crippen molar-refractivity contribution in [1.29, 1.82) is 0 Å². The Balaban J connectivity index is 2.85. The number of benzene rings is 1. The third-order valence-electron chi connectivity index (χ3n) is 3.20. The molecular formula is C15H25FN2O. The van der Waals surface area contributed by atoms with Crippen LogP contribution in [0.1, 0.15) is 31.9 Å². The van der Waals surface area contributed by atoms with Gasteiger partial charge in [-0.3, -0.25) is 0 Å². The van der Waals surface area contributed by atoms with Gasteiger partial charge >= 0.3 is 0 Å². The molecule has 0 heterocycles. The number of hydrogen-bond acceptors (Lipinski definition) is 3. The summed E-state index contributed by atoms with van der Waals surface area (Å²) in [7, 11) is 4.10. The third-order valence-corrected chi connectivity index (χ3v) is 3.20. The summed E-state index contributed by atoms with van der Waals surface area (Å²) in [5, 5.41) is 9.79. The highest BCUT2D eigenvalue weighted by Crippen LogP contribution is 2.27. The molecule has 0 aliphatic heterocycles. The van der Waals surface area contributed by atoms with Gasteiger partial charge < -0.3 is 14.9 Å². The molecular weight excluding hydrogens is 243 g/mol. The quantitative estimate of drug-likeness (QED) is 0.823. The first-order valence-corrected chi connectivity index (χ1v) is 6.83. The summed E-state index contributed by atoms with van der Waals surface area (Å²) in [6.45, 7) is 6.51. The molecule has 1 aromatic rings. The van der Waals surface area contributed by atoms with E-state index in [4.69, 9.17) is 0 Å². The first kappa shape index (κ1) is 15.9. The fourth-order valence-electron chi connectivity index (χ4n) is 2.17. The van der Waals surface area contributed by atoms with Crippen molar-refractivity contribution in [3.8, 4) is 0 Å². The van der Waals surface area contributed by atoms with Crippen LogP contribution in [0, 0.1) is 5.82 Å². The molecule has 3 nitrogen and oxygen atoms in total. The molecule has 0 spiro atoms. The maximum atomic E-state index is 13.3. The summed E-state index contributed by atoms with van der Waals surface area (Å²) in [5.41, 5.74) is 1.59. The molecule has 0 amide bonds. The van der Waals surface area contributed by atoms with E-state index < -0.39 is 6.10 Å². The average Bonchev–Trinajstić information content (AvgIpc) is 2.34. The molecule has 1 aromatic carbocycles. The highest BCUT2D eigenvalue weighted by molar-refractivity contribution is 5.54. The molecule has 0 saturated carbocycles. The lowest BCUT2D eigenvalue weighted by Crippen LogP contribution is -2.28. The summed E-state index contributed by atoms with van der Waals surface area (Å²) >= 11 is 0. The number of nitrogens with zero attached hydrogens (tertiary/aromatic N) is 2. The number of anilines is 1. The maximum absolute atomic E-state index is 13.3. The van der Waals surface area contributed by atoms with E-state index in [1.165, 1.54) is 12.1 Å². The van der Waals surface area contributed by atoms with Crippen molar-refractivity contribution in [1.82, 2.24) is 4.90 Å². The number of halogens is 1. The minimum Gasteiger partial charge on any atom is -0.389 e. The fraction of sp³-hybridized carbons (Fsp3) is 0.600. The number of aliphatic hydroxyl groups excluding tert-OH is 1. The van der Waals surface area contributed by atoms with Crippen molar-refractivity contribution in [2.24, 2.45) is 0 Å². The molecule has 0 saturated heterocycles. The van der Waals surface area contributed by atoms with Crippen LogP contribution >= 0.6 is 0 Å². The monoisotopic (exact) mass is 268 g/mol. The van der Waals surface area contributed by atoms with E-state index in [1.807, 2.05) is 0 Å². The van der Waals surface area contributed by atoms with Gasteiger partial charge in [0.1, 0.15) is 5.82 Å². The first-order chi connectivity index (χ1) is 8.95. The van der Waals surface area contributed by atoms with Gasteiger partial charge in [-0.05, 0) is 59.1 Å². The average molecular weight is 268 g/mol. The van der Waals surface area contributed by atoms with Crippen LogP contribution in [-0.4, -0.2) is 43.7 Å². The molecule has 1 N–H and O–H groups in total. The van der Waals surface area contributed by atoms with Gasteiger partial charge in [-0.25, -0.2) is 4.39 Å². The second kappa shape index (κ2) is 7.46. The first-order valence-electron chi connectivity index (χ1n) is 6.83. The second-order valence-corrected chi connectivity index (χ2v) is 5.12. The lowest BCUT2D eigenvalue weighted by atomic mass is 10.1. The molecule has 0 bridgehead atoms. The lowest BCUT2D eigenvalue weighted by Gasteiger charge is -2.27. The zero-order valence-corrected chi connectivity index (χ0v) is 12.4. The summed E-state index contributed by atoms with van der Waals surface area (Å²) in [6.07, 6.45) is 0.380. The van der Waals surface area contributed by atoms with Gasteiger partial charge in [-0.2, -0.15) is 0 Å². The molecule has 19 heavy (non-hydrogen) atoms. The zero-order valence-electron chi connectivity index (χ0n) is 12.4. The van der Waals surface area contributed by atoms with Crippen LogP contribution in [0.15, 0.2) is 18.2 Å². The Morgan fingerprint density at radius 3 is 2.47 bits per heavy atom. The molecule has 0 unspecified atom stereocenters. The van der Waals surface area contributed by atoms with Gasteiger partial charge in [0.05, 0.1) is 6.10 Å². The molecule has 0 aromatic heterocycles. The Morgan fingerprint density at radius 1 is 1.26 bits per heavy atom. The molecule has 0 radical (unpaired) electrons. The second-order valence-electron chi connectivity index (χ2n) is 5.12. The summed E-state index contributed by atoms with van der Waals surface area (Å²) in [4.78, 5) is 4.33. The van der Waals surface area contributed by atoms with Gasteiger partial charge in [-0.15, -0.1) is 0 Å². The van der Waals surface area contributed by atoms with E-state index in [-0.39, 0.29) is 5.82 Å². The van der Waals surface area contributed by atoms with E-state index in [1.54, 1.807) is 13.0 Å². The van der Waals surface area contributed by atoms with Crippen LogP contribution < -0.4 is 4.90 Å². The Kier molecular flexibility index (Phi) is 6.25. The van der Waals surface area contributed by atoms with E-state index >= 15 is 0 Å². The van der Waals surface area contributed by atoms with E-state index in [0.717, 1.165) is 31.7 Å². The zero-order chi connectivity index (χ0) is 14.4. The topological polar surface area (TPSA) is 26.7 Å². The Morgan fingerprint density at radius 2 is 1.95 bits per heavy atom. The molecule has 1 rings (SSSR count). The Labute approximate surface area is 115 Å². The van der Waals surface area contributed by atoms with Crippen LogP contribution in [-0.2, 0) is 0 Å². The fourth-order valence-corrected chi connectivity index (χ4v) is 2.17. The largest absolute Gasteiger partial charge is 0.389 e. The number of hydrogen-bond donors (Lipinski definition) is 1. The molecule has 0 aliphatic rings. The van der Waals surface area contributed by atoms with E-state index in [0.29, 0.717) is 5.56 Å². The highest BCUT2D eigenvalue weighted by atomic mass is 19.1. The van der Waals surface area contributed by atoms with Crippen molar-refractivity contribution in [2.45, 2.75) is 26.4 Å². The SMILES string of the molecule is CCN(CCCN(C)C)c1ccc(F)cc1[C@@H](C)O. The maximum Gasteiger partial charge on any atom is 0.123 e. The van der Waals surface area contributed by atoms with Crippen LogP contribution in [0.5, 0.6) is 0 Å². The molecule has 0 fully saturated rings. The van der Waals surface area contributed by atoms with Crippen LogP contribution in [0.3, 0.4) is 0 Å². The number of aliphatic hydroxyl groups is 1. The lowest BCUT2D eigenvalue weighted by molar-refractivity contribution is 0.199. The van der Waals surface area contributed by atoms with Gasteiger partial charge in [-0.1, -0.05) is 0 Å². The standard InChI is InChI=1S/C15H25FN2O/c1-5-18(10-6-9-17(3)4)15-8-7-13(16)11-14(15)12(2)19/h7-8,11-12,19H,5-6,9-10H2,1-4H3/t12-/m1/s1. The third kappa shape index (κ3) is 4.80. The summed E-state index contributed by atoms with van der Waals surface area (Å²) in [6, 6.07) is 4.64. The Hall–Kier alpha value is -1.13. The minimum atomic E-state index is -0.659. The van der Waals surface area contributed by atoms with Crippen molar-refractivity contribution in [3.05, 3.63) is 29.6 Å². The van der Waals surface area contributed by atoms with Gasteiger partial charge in [0.15, 0.2) is 0 Å². The van der Waals surface area contributed by atoms with Gasteiger partial charge in [0, 0.05) is 24.3 Å². The molecule has 108 valence electrons. The number of rotatable bonds is 7. The van der Waals surface area contributed by atoms with Crippen molar-refractivity contribution >= 4 is 5.69 Å². The molecule has 1 atom stereocenters. The van der Waals surface area contributed by atoms with Crippen molar-refractivity contribution in [2.75, 3.05) is 38.6 Å². The smallest absolute Gasteiger partial charge is 0.123 e. The van der Waals surface area contributed by atoms with Gasteiger partial charge in [0.2, 0.25) is 0 Å². The van der Waals surface area contributed by atoms with E-state index in [9.17, 15) is 9.50 Å². The Bertz CT molecular complexity index is 394. The predicted molar refractivity (Wildman–Crippen MR) is 78.1 cm³/mol.